The Morgan fingerprint density at radius 2 is 0.552 bits per heavy atom. The van der Waals surface area contributed by atoms with Crippen LogP contribution in [0.1, 0.15) is 101 Å². The van der Waals surface area contributed by atoms with Crippen LogP contribution in [0.15, 0.2) is 308 Å². The SMILES string of the molecule is Cc1cc(-c2cc(-c3ccc(O)cc3)nc(C)c2C#N)cc(C(F)(F)F)c1.Cc1cc(-c2cc(-c3cccc(O)c3)nc(C)c2C#N)ccc1Cl.Cc1ccc(-c2cc(-c3ccc(O)cc3)nc(C)c2C#N)c(Cl)c1.Cc1cccc(-c2cc(-c3ccc(O)cc3)nc(C)c2C#N)c1.Cc1cccc(-c2cc(-c3cccc(O)c3)nc(C)c2C#N)c1Cl.Cc1nc(-c2cccc(O)c2)cc(-c2cccc(Br)c2)c1C#N. The summed E-state index contributed by atoms with van der Waals surface area (Å²) in [4.78, 5) is 27.0. The highest BCUT2D eigenvalue weighted by Crippen LogP contribution is 2.43. The minimum atomic E-state index is -4.48. The van der Waals surface area contributed by atoms with Crippen LogP contribution in [0.4, 0.5) is 13.2 Å². The second-order valence-corrected chi connectivity index (χ2v) is 36.0. The second kappa shape index (κ2) is 46.7. The smallest absolute Gasteiger partial charge is 0.416 e. The lowest BCUT2D eigenvalue weighted by Crippen LogP contribution is -2.06. The molecule has 0 amide bonds. The molecule has 0 aliphatic rings. The van der Waals surface area contributed by atoms with Gasteiger partial charge in [0.1, 0.15) is 70.9 Å². The highest BCUT2D eigenvalue weighted by atomic mass is 79.9. The first-order valence-corrected chi connectivity index (χ1v) is 46.9. The fraction of sp³-hybridized carbons (Fsp3) is 0.100. The summed E-state index contributed by atoms with van der Waals surface area (Å²) in [6.45, 7) is 20.2. The van der Waals surface area contributed by atoms with E-state index in [9.17, 15) is 75.4 Å². The number of aryl methyl sites for hydroxylation is 11. The van der Waals surface area contributed by atoms with Gasteiger partial charge in [-0.1, -0.05) is 172 Å². The van der Waals surface area contributed by atoms with Gasteiger partial charge in [0.15, 0.2) is 0 Å². The van der Waals surface area contributed by atoms with E-state index in [2.05, 4.69) is 82.2 Å². The summed E-state index contributed by atoms with van der Waals surface area (Å²) in [5.74, 6) is 1.06. The first-order chi connectivity index (χ1) is 69.3. The summed E-state index contributed by atoms with van der Waals surface area (Å²) in [6, 6.07) is 102. The molecule has 0 radical (unpaired) electrons. The Morgan fingerprint density at radius 3 is 0.910 bits per heavy atom. The Labute approximate surface area is 861 Å². The molecule has 714 valence electrons. The van der Waals surface area contributed by atoms with E-state index in [1.807, 2.05) is 219 Å². The van der Waals surface area contributed by atoms with Crippen LogP contribution < -0.4 is 0 Å². The van der Waals surface area contributed by atoms with E-state index in [4.69, 9.17) is 34.8 Å². The third kappa shape index (κ3) is 25.6. The molecule has 18 nitrogen and oxygen atoms in total. The van der Waals surface area contributed by atoms with Crippen molar-refractivity contribution in [2.24, 2.45) is 0 Å². The Bertz CT molecular complexity index is 8290. The summed E-state index contributed by atoms with van der Waals surface area (Å²) < 4.78 is 40.6. The lowest BCUT2D eigenvalue weighted by Gasteiger charge is -2.14. The summed E-state index contributed by atoms with van der Waals surface area (Å²) in [5.41, 5.74) is 28.7. The van der Waals surface area contributed by atoms with Crippen molar-refractivity contribution in [1.29, 1.82) is 31.6 Å². The average Bonchev–Trinajstić information content (AvgIpc) is 0.988. The van der Waals surface area contributed by atoms with Crippen LogP contribution in [0.3, 0.4) is 0 Å². The van der Waals surface area contributed by atoms with Gasteiger partial charge in [0.2, 0.25) is 0 Å². The molecule has 18 aromatic rings. The van der Waals surface area contributed by atoms with Gasteiger partial charge in [-0.3, -0.25) is 29.9 Å². The Balaban J connectivity index is 0.000000146. The van der Waals surface area contributed by atoms with Gasteiger partial charge >= 0.3 is 6.18 Å². The number of nitriles is 6. The van der Waals surface area contributed by atoms with E-state index in [0.717, 1.165) is 139 Å². The van der Waals surface area contributed by atoms with Crippen LogP contribution in [0, 0.1) is 144 Å². The van der Waals surface area contributed by atoms with Crippen molar-refractivity contribution < 1.29 is 43.8 Å². The maximum absolute atomic E-state index is 13.2. The first kappa shape index (κ1) is 105. The monoisotopic (exact) mass is 2030 g/mol. The molecule has 6 N–H and O–H groups in total. The van der Waals surface area contributed by atoms with Gasteiger partial charge in [-0.2, -0.15) is 44.7 Å². The third-order valence-electron chi connectivity index (χ3n) is 23.3. The highest BCUT2D eigenvalue weighted by molar-refractivity contribution is 9.10. The molecule has 0 saturated heterocycles. The molecule has 145 heavy (non-hydrogen) atoms. The van der Waals surface area contributed by atoms with Crippen LogP contribution >= 0.6 is 50.7 Å². The zero-order chi connectivity index (χ0) is 104. The molecule has 0 aliphatic heterocycles. The zero-order valence-electron chi connectivity index (χ0n) is 80.1. The molecular formula is C120H89BrCl3F3N12O6. The van der Waals surface area contributed by atoms with Crippen molar-refractivity contribution in [2.45, 2.75) is 82.3 Å². The topological polar surface area (TPSA) is 341 Å². The van der Waals surface area contributed by atoms with Gasteiger partial charge < -0.3 is 30.6 Å². The van der Waals surface area contributed by atoms with Gasteiger partial charge in [-0.15, -0.1) is 0 Å². The summed E-state index contributed by atoms with van der Waals surface area (Å²) in [7, 11) is 0. The van der Waals surface area contributed by atoms with Crippen molar-refractivity contribution in [3.8, 4) is 205 Å². The van der Waals surface area contributed by atoms with E-state index >= 15 is 0 Å². The molecule has 0 unspecified atom stereocenters. The summed E-state index contributed by atoms with van der Waals surface area (Å²) in [5, 5.41) is 116. The van der Waals surface area contributed by atoms with E-state index in [0.29, 0.717) is 116 Å². The van der Waals surface area contributed by atoms with Crippen LogP contribution in [-0.4, -0.2) is 60.5 Å². The number of phenolic OH excluding ortho intramolecular Hbond substituents is 6. The molecule has 6 heterocycles. The van der Waals surface area contributed by atoms with Crippen molar-refractivity contribution in [2.75, 3.05) is 0 Å². The molecule has 6 aromatic heterocycles. The highest BCUT2D eigenvalue weighted by Gasteiger charge is 2.32. The minimum Gasteiger partial charge on any atom is -0.508 e. The van der Waals surface area contributed by atoms with Gasteiger partial charge in [-0.25, -0.2) is 0 Å². The van der Waals surface area contributed by atoms with Crippen LogP contribution in [0.2, 0.25) is 15.1 Å². The van der Waals surface area contributed by atoms with Crippen molar-refractivity contribution >= 4 is 50.7 Å². The zero-order valence-corrected chi connectivity index (χ0v) is 83.9. The third-order valence-corrected chi connectivity index (χ3v) is 25.1. The molecule has 12 aromatic carbocycles. The minimum absolute atomic E-state index is 0.0952. The molecule has 0 spiro atoms. The lowest BCUT2D eigenvalue weighted by atomic mass is 9.94. The number of hydrogen-bond acceptors (Lipinski definition) is 18. The van der Waals surface area contributed by atoms with E-state index in [1.54, 1.807) is 136 Å². The quantitative estimate of drug-likeness (QED) is 0.0662. The van der Waals surface area contributed by atoms with Crippen LogP contribution in [0.25, 0.3) is 134 Å². The van der Waals surface area contributed by atoms with Crippen LogP contribution in [0.5, 0.6) is 34.5 Å². The van der Waals surface area contributed by atoms with Gasteiger partial charge in [0.05, 0.1) is 112 Å². The first-order valence-electron chi connectivity index (χ1n) is 44.9. The number of hydrogen-bond donors (Lipinski definition) is 6. The molecule has 0 saturated carbocycles. The predicted molar refractivity (Wildman–Crippen MR) is 569 cm³/mol. The molecule has 25 heteroatoms. The number of phenols is 6. The maximum atomic E-state index is 13.2. The summed E-state index contributed by atoms with van der Waals surface area (Å²) in [6.07, 6.45) is -4.48. The maximum Gasteiger partial charge on any atom is 0.416 e. The number of rotatable bonds is 12. The Hall–Kier alpha value is -17.6. The van der Waals surface area contributed by atoms with Crippen molar-refractivity contribution in [3.63, 3.8) is 0 Å². The number of pyridine rings is 6. The number of aromatic hydroxyl groups is 6. The van der Waals surface area contributed by atoms with E-state index < -0.39 is 11.7 Å². The molecule has 18 rings (SSSR count). The average molecular weight is 2040 g/mol. The standard InChI is InChI=1S/C21H15F3N2O.3C20H15ClN2O.C20H16N2O.C19H13BrN2O/c1-12-7-15(9-16(8-12)21(22,23)24)18-10-20(26-13(2)19(18)11-25)14-3-5-17(27)6-4-14;1-12-3-8-16(19(21)9-12)17-10-20(23-13(2)18(17)11-22)14-4-6-15(24)7-5-14;1-12-5-3-8-16(20(12)21)17-10-19(23-13(2)18(17)11-22)14-6-4-7-15(24)9-14;1-12-8-14(6-7-19(12)21)17-10-20(23-13(2)18(17)11-22)15-4-3-5-16(24)9-15;1-13-4-3-5-16(10-13)18-11-20(22-14(2)19(18)12-21)15-6-8-17(23)9-7-15;1-12-18(11-21)17(13-4-2-6-15(20)8-13)10-19(22-12)14-5-3-7-16(23)9-14/h3-10,27H,1-2H3;3*3-10,24H,1-2H3;3-11,23H,1-2H3;2-10,23H,1H3. The van der Waals surface area contributed by atoms with Crippen LogP contribution in [-0.2, 0) is 6.18 Å². The van der Waals surface area contributed by atoms with Crippen molar-refractivity contribution in [1.82, 2.24) is 29.9 Å². The van der Waals surface area contributed by atoms with Gasteiger partial charge in [0.25, 0.3) is 0 Å². The lowest BCUT2D eigenvalue weighted by molar-refractivity contribution is -0.137. The largest absolute Gasteiger partial charge is 0.508 e. The second-order valence-electron chi connectivity index (χ2n) is 33.9. The number of alkyl halides is 3. The van der Waals surface area contributed by atoms with Gasteiger partial charge in [0, 0.05) is 92.4 Å². The normalized spacial score (nSPS) is 10.5. The number of benzene rings is 12. The fourth-order valence-corrected chi connectivity index (χ4v) is 17.2. The molecule has 0 aliphatic carbocycles. The number of aromatic nitrogens is 6. The number of nitrogens with zero attached hydrogens (tertiary/aromatic N) is 12. The Kier molecular flexibility index (Phi) is 33.7. The summed E-state index contributed by atoms with van der Waals surface area (Å²) >= 11 is 22.4. The van der Waals surface area contributed by atoms with E-state index in [1.165, 1.54) is 12.1 Å². The van der Waals surface area contributed by atoms with Crippen molar-refractivity contribution in [3.05, 3.63) is 424 Å². The number of halogens is 7. The molecular weight excluding hydrogens is 1950 g/mol. The predicted octanol–water partition coefficient (Wildman–Crippen LogP) is 31.1. The molecule has 0 atom stereocenters. The fourth-order valence-electron chi connectivity index (χ4n) is 16.1. The molecule has 0 fully saturated rings. The van der Waals surface area contributed by atoms with Gasteiger partial charge in [-0.05, 0) is 309 Å². The molecule has 0 bridgehead atoms. The van der Waals surface area contributed by atoms with E-state index in [-0.39, 0.29) is 40.1 Å². The Morgan fingerprint density at radius 1 is 0.241 bits per heavy atom.